The van der Waals surface area contributed by atoms with Gasteiger partial charge in [0.05, 0.1) is 12.0 Å². The van der Waals surface area contributed by atoms with E-state index in [0.717, 1.165) is 0 Å². The Bertz CT molecular complexity index is 694. The van der Waals surface area contributed by atoms with E-state index < -0.39 is 31.1 Å². The molecule has 0 spiro atoms. The zero-order chi connectivity index (χ0) is 15.3. The summed E-state index contributed by atoms with van der Waals surface area (Å²) in [4.78, 5) is 7.92. The normalized spacial score (nSPS) is 29.3. The lowest BCUT2D eigenvalue weighted by Gasteiger charge is -2.15. The van der Waals surface area contributed by atoms with Crippen molar-refractivity contribution in [3.05, 3.63) is 3.70 Å². The van der Waals surface area contributed by atoms with Gasteiger partial charge in [0.15, 0.2) is 11.9 Å². The molecule has 7 N–H and O–H groups in total. The highest BCUT2D eigenvalue weighted by molar-refractivity contribution is 14.1. The molecule has 1 fully saturated rings. The summed E-state index contributed by atoms with van der Waals surface area (Å²) in [5.41, 5.74) is 11.7. The summed E-state index contributed by atoms with van der Waals surface area (Å²) in [6.45, 7) is -0.426. The van der Waals surface area contributed by atoms with E-state index in [2.05, 4.69) is 15.1 Å². The van der Waals surface area contributed by atoms with Gasteiger partial charge in [-0.1, -0.05) is 0 Å². The molecule has 4 unspecified atom stereocenters. The molecular formula is C10H13IN6O4. The van der Waals surface area contributed by atoms with Crippen LogP contribution in [0.2, 0.25) is 0 Å². The first-order valence-electron chi connectivity index (χ1n) is 6.03. The van der Waals surface area contributed by atoms with Crippen molar-refractivity contribution in [1.82, 2.24) is 19.7 Å². The number of fused-ring (bicyclic) bond motifs is 1. The van der Waals surface area contributed by atoms with Gasteiger partial charge in [-0.2, -0.15) is 15.1 Å². The Morgan fingerprint density at radius 2 is 1.95 bits per heavy atom. The fraction of sp³-hybridized carbons (Fsp3) is 0.500. The average molecular weight is 408 g/mol. The zero-order valence-corrected chi connectivity index (χ0v) is 12.7. The molecule has 114 valence electrons. The Kier molecular flexibility index (Phi) is 3.61. The predicted octanol–water partition coefficient (Wildman–Crippen LogP) is -1.79. The van der Waals surface area contributed by atoms with Crippen LogP contribution in [0.1, 0.15) is 6.23 Å². The third-order valence-electron chi connectivity index (χ3n) is 3.31. The number of aliphatic hydroxyl groups is 3. The van der Waals surface area contributed by atoms with Crippen LogP contribution >= 0.6 is 22.6 Å². The van der Waals surface area contributed by atoms with Crippen molar-refractivity contribution in [2.24, 2.45) is 0 Å². The first kappa shape index (κ1) is 14.6. The van der Waals surface area contributed by atoms with Crippen molar-refractivity contribution in [1.29, 1.82) is 0 Å². The summed E-state index contributed by atoms with van der Waals surface area (Å²) in [6.07, 6.45) is -4.40. The second-order valence-corrected chi connectivity index (χ2v) is 5.65. The summed E-state index contributed by atoms with van der Waals surface area (Å²) in [7, 11) is 0. The highest BCUT2D eigenvalue weighted by atomic mass is 127. The first-order chi connectivity index (χ1) is 9.93. The highest BCUT2D eigenvalue weighted by Gasteiger charge is 2.44. The summed E-state index contributed by atoms with van der Waals surface area (Å²) in [5, 5.41) is 33.7. The molecule has 10 nitrogen and oxygen atoms in total. The largest absolute Gasteiger partial charge is 0.394 e. The molecule has 1 aliphatic rings. The molecule has 1 saturated heterocycles. The summed E-state index contributed by atoms with van der Waals surface area (Å²) in [5.74, 6) is 0.129. The predicted molar refractivity (Wildman–Crippen MR) is 79.9 cm³/mol. The van der Waals surface area contributed by atoms with E-state index in [1.807, 2.05) is 22.6 Å². The van der Waals surface area contributed by atoms with Crippen molar-refractivity contribution in [2.45, 2.75) is 24.5 Å². The van der Waals surface area contributed by atoms with Gasteiger partial charge < -0.3 is 31.5 Å². The van der Waals surface area contributed by atoms with E-state index in [9.17, 15) is 10.2 Å². The third-order valence-corrected chi connectivity index (χ3v) is 4.07. The van der Waals surface area contributed by atoms with Crippen LogP contribution in [0.5, 0.6) is 0 Å². The molecule has 4 atom stereocenters. The van der Waals surface area contributed by atoms with Crippen LogP contribution in [0.4, 0.5) is 11.8 Å². The number of halogens is 1. The highest BCUT2D eigenvalue weighted by Crippen LogP contribution is 2.33. The van der Waals surface area contributed by atoms with E-state index in [0.29, 0.717) is 14.7 Å². The molecule has 0 amide bonds. The molecule has 2 aromatic heterocycles. The van der Waals surface area contributed by atoms with E-state index in [1.165, 1.54) is 4.68 Å². The topological polar surface area (TPSA) is 166 Å². The number of nitrogens with two attached hydrogens (primary N) is 2. The van der Waals surface area contributed by atoms with Gasteiger partial charge in [-0.3, -0.25) is 0 Å². The van der Waals surface area contributed by atoms with E-state index >= 15 is 0 Å². The van der Waals surface area contributed by atoms with Crippen LogP contribution < -0.4 is 11.5 Å². The number of rotatable bonds is 2. The third kappa shape index (κ3) is 2.20. The zero-order valence-electron chi connectivity index (χ0n) is 10.6. The summed E-state index contributed by atoms with van der Waals surface area (Å²) < 4.78 is 7.23. The van der Waals surface area contributed by atoms with Crippen molar-refractivity contribution >= 4 is 45.4 Å². The lowest BCUT2D eigenvalue weighted by atomic mass is 10.1. The van der Waals surface area contributed by atoms with Crippen molar-refractivity contribution in [3.8, 4) is 0 Å². The molecule has 0 aliphatic carbocycles. The number of aliphatic hydroxyl groups excluding tert-OH is 3. The fourth-order valence-corrected chi connectivity index (χ4v) is 3.05. The molecular weight excluding hydrogens is 395 g/mol. The van der Waals surface area contributed by atoms with Gasteiger partial charge in [-0.25, -0.2) is 4.68 Å². The first-order valence-corrected chi connectivity index (χ1v) is 7.11. The fourth-order valence-electron chi connectivity index (χ4n) is 2.30. The Morgan fingerprint density at radius 1 is 1.24 bits per heavy atom. The van der Waals surface area contributed by atoms with E-state index in [4.69, 9.17) is 21.3 Å². The monoisotopic (exact) mass is 408 g/mol. The van der Waals surface area contributed by atoms with Gasteiger partial charge in [0, 0.05) is 0 Å². The van der Waals surface area contributed by atoms with Crippen LogP contribution in [-0.4, -0.2) is 60.0 Å². The van der Waals surface area contributed by atoms with Gasteiger partial charge in [-0.05, 0) is 22.6 Å². The van der Waals surface area contributed by atoms with Gasteiger partial charge in [-0.15, -0.1) is 0 Å². The Morgan fingerprint density at radius 3 is 2.57 bits per heavy atom. The van der Waals surface area contributed by atoms with Crippen molar-refractivity contribution < 1.29 is 20.1 Å². The minimum absolute atomic E-state index is 0.0377. The number of ether oxygens (including phenoxy) is 1. The maximum Gasteiger partial charge on any atom is 0.224 e. The van der Waals surface area contributed by atoms with E-state index in [1.54, 1.807) is 0 Å². The second kappa shape index (κ2) is 5.17. The Labute approximate surface area is 131 Å². The number of aromatic nitrogens is 4. The van der Waals surface area contributed by atoms with Crippen LogP contribution in [0.25, 0.3) is 11.0 Å². The Balaban J connectivity index is 2.13. The smallest absolute Gasteiger partial charge is 0.224 e. The van der Waals surface area contributed by atoms with Crippen LogP contribution in [0.3, 0.4) is 0 Å². The number of nitrogen functional groups attached to an aromatic ring is 2. The van der Waals surface area contributed by atoms with Gasteiger partial charge in [0.2, 0.25) is 5.95 Å². The van der Waals surface area contributed by atoms with Crippen LogP contribution in [-0.2, 0) is 4.74 Å². The van der Waals surface area contributed by atoms with Crippen LogP contribution in [0, 0.1) is 3.70 Å². The quantitative estimate of drug-likeness (QED) is 0.361. The SMILES string of the molecule is Nc1nc(N)c2c(I)nn(C3OC(CO)C(O)C3O)c2n1. The number of nitrogens with zero attached hydrogens (tertiary/aromatic N) is 4. The standard InChI is InChI=1S/C10H13IN6O4/c11-6-3-7(12)14-10(13)15-8(3)17(16-6)9-5(20)4(19)2(1-18)21-9/h2,4-5,9,18-20H,1H2,(H4,12,13,14,15). The van der Waals surface area contributed by atoms with Crippen molar-refractivity contribution in [2.75, 3.05) is 18.1 Å². The average Bonchev–Trinajstić information content (AvgIpc) is 2.89. The lowest BCUT2D eigenvalue weighted by Crippen LogP contribution is -2.33. The second-order valence-electron chi connectivity index (χ2n) is 4.63. The van der Waals surface area contributed by atoms with Gasteiger partial charge in [0.25, 0.3) is 0 Å². The number of hydrogen-bond donors (Lipinski definition) is 5. The maximum absolute atomic E-state index is 10.1. The van der Waals surface area contributed by atoms with Crippen LogP contribution in [0.15, 0.2) is 0 Å². The lowest BCUT2D eigenvalue weighted by molar-refractivity contribution is -0.0568. The molecule has 2 aromatic rings. The molecule has 0 radical (unpaired) electrons. The van der Waals surface area contributed by atoms with E-state index in [-0.39, 0.29) is 11.8 Å². The van der Waals surface area contributed by atoms with Gasteiger partial charge in [0.1, 0.15) is 27.8 Å². The molecule has 0 saturated carbocycles. The summed E-state index contributed by atoms with van der Waals surface area (Å²) >= 11 is 1.95. The molecule has 11 heteroatoms. The molecule has 3 rings (SSSR count). The Hall–Kier alpha value is -1.28. The molecule has 0 aromatic carbocycles. The molecule has 3 heterocycles. The van der Waals surface area contributed by atoms with Gasteiger partial charge >= 0.3 is 0 Å². The number of hydrogen-bond acceptors (Lipinski definition) is 9. The number of anilines is 2. The minimum atomic E-state index is -1.27. The van der Waals surface area contributed by atoms with Crippen molar-refractivity contribution in [3.63, 3.8) is 0 Å². The molecule has 1 aliphatic heterocycles. The summed E-state index contributed by atoms with van der Waals surface area (Å²) in [6, 6.07) is 0. The minimum Gasteiger partial charge on any atom is -0.394 e. The maximum atomic E-state index is 10.1. The molecule has 0 bridgehead atoms. The molecule has 21 heavy (non-hydrogen) atoms.